The molecule has 0 spiro atoms. The van der Waals surface area contributed by atoms with Crippen LogP contribution >= 0.6 is 0 Å². The van der Waals surface area contributed by atoms with Gasteiger partial charge in [-0.1, -0.05) is 93.6 Å². The highest BCUT2D eigenvalue weighted by Gasteiger charge is 2.50. The van der Waals surface area contributed by atoms with Crippen molar-refractivity contribution in [1.29, 1.82) is 0 Å². The van der Waals surface area contributed by atoms with Crippen LogP contribution in [0.15, 0.2) is 84.9 Å². The van der Waals surface area contributed by atoms with Crippen molar-refractivity contribution in [3.05, 3.63) is 90.5 Å². The lowest BCUT2D eigenvalue weighted by atomic mass is 10.2. The molecule has 0 saturated heterocycles. The molecule has 0 aliphatic heterocycles. The van der Waals surface area contributed by atoms with E-state index in [0.717, 1.165) is 21.7 Å². The second-order valence-electron chi connectivity index (χ2n) is 9.15. The molecule has 34 heavy (non-hydrogen) atoms. The molecule has 0 fully saturated rings. The second kappa shape index (κ2) is 11.5. The van der Waals surface area contributed by atoms with Crippen molar-refractivity contribution in [2.45, 2.75) is 38.5 Å². The van der Waals surface area contributed by atoms with Gasteiger partial charge < -0.3 is 18.6 Å². The molecule has 0 aliphatic rings. The van der Waals surface area contributed by atoms with E-state index < -0.39 is 20.4 Å². The molecular formula is C28H34O5Si. The van der Waals surface area contributed by atoms with E-state index in [1.807, 2.05) is 60.7 Å². The van der Waals surface area contributed by atoms with Crippen LogP contribution in [0, 0.1) is 0 Å². The van der Waals surface area contributed by atoms with Gasteiger partial charge in [0, 0.05) is 0 Å². The van der Waals surface area contributed by atoms with Crippen LogP contribution in [-0.2, 0) is 25.3 Å². The van der Waals surface area contributed by atoms with Crippen LogP contribution in [0.2, 0.25) is 5.04 Å². The van der Waals surface area contributed by atoms with Crippen LogP contribution in [0.4, 0.5) is 0 Å². The minimum atomic E-state index is -2.80. The quantitative estimate of drug-likeness (QED) is 0.321. The molecule has 0 N–H and O–H groups in total. The lowest BCUT2D eigenvalue weighted by molar-refractivity contribution is -0.157. The summed E-state index contributed by atoms with van der Waals surface area (Å²) < 4.78 is 23.1. The Labute approximate surface area is 203 Å². The predicted octanol–water partition coefficient (Wildman–Crippen LogP) is 4.33. The Morgan fingerprint density at radius 2 is 1.35 bits per heavy atom. The van der Waals surface area contributed by atoms with Gasteiger partial charge in [-0.25, -0.2) is 4.79 Å². The van der Waals surface area contributed by atoms with Crippen molar-refractivity contribution in [2.75, 3.05) is 20.8 Å². The van der Waals surface area contributed by atoms with Crippen LogP contribution in [0.25, 0.3) is 0 Å². The molecule has 0 unspecified atom stereocenters. The Morgan fingerprint density at radius 3 is 1.79 bits per heavy atom. The molecule has 0 radical (unpaired) electrons. The van der Waals surface area contributed by atoms with E-state index in [1.54, 1.807) is 7.11 Å². The molecule has 0 saturated carbocycles. The van der Waals surface area contributed by atoms with Crippen LogP contribution in [-0.4, -0.2) is 41.2 Å². The minimum absolute atomic E-state index is 0.0934. The number of hydrogen-bond acceptors (Lipinski definition) is 5. The zero-order valence-corrected chi connectivity index (χ0v) is 21.6. The van der Waals surface area contributed by atoms with Gasteiger partial charge in [-0.3, -0.25) is 0 Å². The van der Waals surface area contributed by atoms with Gasteiger partial charge in [0.25, 0.3) is 8.32 Å². The van der Waals surface area contributed by atoms with Gasteiger partial charge in [-0.05, 0) is 33.1 Å². The van der Waals surface area contributed by atoms with Gasteiger partial charge in [-0.15, -0.1) is 0 Å². The normalized spacial score (nSPS) is 12.7. The van der Waals surface area contributed by atoms with Crippen LogP contribution in [0.3, 0.4) is 0 Å². The van der Waals surface area contributed by atoms with Gasteiger partial charge in [0.15, 0.2) is 6.10 Å². The third kappa shape index (κ3) is 5.76. The number of hydrogen-bond donors (Lipinski definition) is 0. The molecule has 1 atom stereocenters. The van der Waals surface area contributed by atoms with Crippen LogP contribution in [0.1, 0.15) is 26.3 Å². The fourth-order valence-corrected chi connectivity index (χ4v) is 8.75. The maximum Gasteiger partial charge on any atom is 0.337 e. The van der Waals surface area contributed by atoms with Gasteiger partial charge in [0.1, 0.15) is 5.75 Å². The number of carbonyl (C=O) groups is 1. The summed E-state index contributed by atoms with van der Waals surface area (Å²) in [6, 6.07) is 28.2. The van der Waals surface area contributed by atoms with Crippen molar-refractivity contribution in [2.24, 2.45) is 0 Å². The summed E-state index contributed by atoms with van der Waals surface area (Å²) in [5, 5.41) is 2.09. The van der Waals surface area contributed by atoms with E-state index in [0.29, 0.717) is 0 Å². The maximum atomic E-state index is 12.6. The molecule has 5 nitrogen and oxygen atoms in total. The molecule has 3 aromatic rings. The summed E-state index contributed by atoms with van der Waals surface area (Å²) in [5.74, 6) is 0.315. The van der Waals surface area contributed by atoms with Crippen molar-refractivity contribution in [1.82, 2.24) is 0 Å². The number of ether oxygens (including phenoxy) is 3. The first-order chi connectivity index (χ1) is 16.3. The number of esters is 1. The molecule has 0 aromatic heterocycles. The highest BCUT2D eigenvalue weighted by Crippen LogP contribution is 2.37. The summed E-state index contributed by atoms with van der Waals surface area (Å²) in [5.41, 5.74) is 0.931. The first-order valence-corrected chi connectivity index (χ1v) is 13.3. The number of carbonyl (C=O) groups excluding carboxylic acids is 1. The van der Waals surface area contributed by atoms with Gasteiger partial charge in [0.2, 0.25) is 0 Å². The SMILES string of the molecule is COC(=O)[C@@H](CO[Si](c1ccccc1)(c1ccccc1)C(C)(C)C)OCc1ccc(OC)cc1. The average molecular weight is 479 g/mol. The zero-order valence-electron chi connectivity index (χ0n) is 20.6. The Balaban J connectivity index is 1.91. The fraction of sp³-hybridized carbons (Fsp3) is 0.321. The summed E-state index contributed by atoms with van der Waals surface area (Å²) >= 11 is 0. The molecular weight excluding hydrogens is 444 g/mol. The van der Waals surface area contributed by atoms with Gasteiger partial charge in [0.05, 0.1) is 27.4 Å². The number of methoxy groups -OCH3 is 2. The Bertz CT molecular complexity index is 990. The fourth-order valence-electron chi connectivity index (χ4n) is 4.20. The van der Waals surface area contributed by atoms with E-state index in [9.17, 15) is 4.79 Å². The summed E-state index contributed by atoms with van der Waals surface area (Å²) in [6.07, 6.45) is -0.853. The molecule has 3 rings (SSSR count). The predicted molar refractivity (Wildman–Crippen MR) is 137 cm³/mol. The average Bonchev–Trinajstić information content (AvgIpc) is 2.86. The van der Waals surface area contributed by atoms with Crippen molar-refractivity contribution >= 4 is 24.7 Å². The largest absolute Gasteiger partial charge is 0.497 e. The highest BCUT2D eigenvalue weighted by atomic mass is 28.4. The summed E-state index contributed by atoms with van der Waals surface area (Å²) in [4.78, 5) is 12.6. The van der Waals surface area contributed by atoms with Gasteiger partial charge >= 0.3 is 5.97 Å². The van der Waals surface area contributed by atoms with E-state index in [2.05, 4.69) is 45.0 Å². The third-order valence-electron chi connectivity index (χ3n) is 5.94. The number of benzene rings is 3. The molecule has 0 aliphatic carbocycles. The molecule has 6 heteroatoms. The zero-order chi connectivity index (χ0) is 24.6. The first-order valence-electron chi connectivity index (χ1n) is 11.4. The maximum absolute atomic E-state index is 12.6. The smallest absolute Gasteiger partial charge is 0.337 e. The topological polar surface area (TPSA) is 54.0 Å². The minimum Gasteiger partial charge on any atom is -0.497 e. The molecule has 0 heterocycles. The lowest BCUT2D eigenvalue weighted by Gasteiger charge is -2.43. The van der Waals surface area contributed by atoms with Crippen molar-refractivity contribution < 1.29 is 23.4 Å². The first kappa shape index (κ1) is 25.7. The molecule has 3 aromatic carbocycles. The van der Waals surface area contributed by atoms with E-state index >= 15 is 0 Å². The summed E-state index contributed by atoms with van der Waals surface area (Å²) in [7, 11) is 0.200. The Kier molecular flexibility index (Phi) is 8.66. The molecule has 180 valence electrons. The van der Waals surface area contributed by atoms with E-state index in [-0.39, 0.29) is 18.3 Å². The monoisotopic (exact) mass is 478 g/mol. The molecule has 0 amide bonds. The second-order valence-corrected chi connectivity index (χ2v) is 13.5. The summed E-state index contributed by atoms with van der Waals surface area (Å²) in [6.45, 7) is 6.95. The Morgan fingerprint density at radius 1 is 0.824 bits per heavy atom. The van der Waals surface area contributed by atoms with Gasteiger partial charge in [-0.2, -0.15) is 0 Å². The third-order valence-corrected chi connectivity index (χ3v) is 10.9. The Hall–Kier alpha value is -2.93. The van der Waals surface area contributed by atoms with E-state index in [1.165, 1.54) is 7.11 Å². The van der Waals surface area contributed by atoms with E-state index in [4.69, 9.17) is 18.6 Å². The van der Waals surface area contributed by atoms with Crippen LogP contribution < -0.4 is 15.1 Å². The van der Waals surface area contributed by atoms with Crippen molar-refractivity contribution in [3.8, 4) is 5.75 Å². The lowest BCUT2D eigenvalue weighted by Crippen LogP contribution is -2.67. The molecule has 0 bridgehead atoms. The highest BCUT2D eigenvalue weighted by molar-refractivity contribution is 6.99. The van der Waals surface area contributed by atoms with Crippen molar-refractivity contribution in [3.63, 3.8) is 0 Å². The van der Waals surface area contributed by atoms with Crippen LogP contribution in [0.5, 0.6) is 5.75 Å². The number of rotatable bonds is 10. The standard InChI is InChI=1S/C28H34O5Si/c1-28(2,3)34(24-12-8-6-9-13-24,25-14-10-7-11-15-25)33-21-26(27(29)31-5)32-20-22-16-18-23(30-4)19-17-22/h6-19,26H,20-21H2,1-5H3/t26-/m1/s1.